The van der Waals surface area contributed by atoms with Crippen LogP contribution in [0.3, 0.4) is 0 Å². The quantitative estimate of drug-likeness (QED) is 0.725. The topological polar surface area (TPSA) is 112 Å². The van der Waals surface area contributed by atoms with Crippen LogP contribution in [0.15, 0.2) is 12.2 Å². The van der Waals surface area contributed by atoms with Gasteiger partial charge in [0.25, 0.3) is 5.91 Å². The molecule has 1 heterocycles. The SMILES string of the molecule is CCCC1CCc2c(sc(NC(=O)C3CC=CCC3C(=O)[O-])c2C(N)=O)C1. The van der Waals surface area contributed by atoms with Gasteiger partial charge < -0.3 is 21.0 Å². The van der Waals surface area contributed by atoms with Crippen molar-refractivity contribution in [1.82, 2.24) is 0 Å². The number of aliphatic carboxylic acids is 1. The van der Waals surface area contributed by atoms with E-state index in [2.05, 4.69) is 12.2 Å². The Labute approximate surface area is 162 Å². The Bertz CT molecular complexity index is 783. The van der Waals surface area contributed by atoms with Crippen LogP contribution in [0.2, 0.25) is 0 Å². The van der Waals surface area contributed by atoms with Gasteiger partial charge in [0.05, 0.1) is 11.5 Å². The zero-order chi connectivity index (χ0) is 19.6. The number of fused-ring (bicyclic) bond motifs is 1. The molecule has 0 saturated heterocycles. The molecular weight excluding hydrogens is 364 g/mol. The molecule has 0 spiro atoms. The molecule has 7 heteroatoms. The van der Waals surface area contributed by atoms with E-state index in [1.54, 1.807) is 6.08 Å². The lowest BCUT2D eigenvalue weighted by Crippen LogP contribution is -2.41. The maximum atomic E-state index is 12.8. The number of amides is 2. The van der Waals surface area contributed by atoms with Gasteiger partial charge in [0.2, 0.25) is 5.91 Å². The van der Waals surface area contributed by atoms with Gasteiger partial charge in [-0.2, -0.15) is 0 Å². The molecule has 2 aliphatic rings. The molecule has 3 unspecified atom stereocenters. The molecule has 3 rings (SSSR count). The summed E-state index contributed by atoms with van der Waals surface area (Å²) < 4.78 is 0. The predicted octanol–water partition coefficient (Wildman–Crippen LogP) is 2.02. The zero-order valence-corrected chi connectivity index (χ0v) is 16.3. The van der Waals surface area contributed by atoms with Crippen molar-refractivity contribution < 1.29 is 19.5 Å². The summed E-state index contributed by atoms with van der Waals surface area (Å²) in [6, 6.07) is 0. The Morgan fingerprint density at radius 2 is 1.96 bits per heavy atom. The molecule has 1 aromatic heterocycles. The number of thiophene rings is 1. The van der Waals surface area contributed by atoms with Crippen LogP contribution >= 0.6 is 11.3 Å². The van der Waals surface area contributed by atoms with E-state index in [0.717, 1.165) is 42.5 Å². The van der Waals surface area contributed by atoms with E-state index in [9.17, 15) is 19.5 Å². The first-order valence-electron chi connectivity index (χ1n) is 9.53. The fourth-order valence-corrected chi connectivity index (χ4v) is 5.60. The Hall–Kier alpha value is -2.15. The number of hydrogen-bond donors (Lipinski definition) is 2. The predicted molar refractivity (Wildman–Crippen MR) is 102 cm³/mol. The Kier molecular flexibility index (Phi) is 5.99. The molecule has 0 saturated carbocycles. The fourth-order valence-electron chi connectivity index (χ4n) is 4.23. The van der Waals surface area contributed by atoms with E-state index in [1.165, 1.54) is 11.3 Å². The van der Waals surface area contributed by atoms with Gasteiger partial charge in [-0.05, 0) is 43.6 Å². The lowest BCUT2D eigenvalue weighted by Gasteiger charge is -2.28. The zero-order valence-electron chi connectivity index (χ0n) is 15.5. The molecule has 2 aliphatic carbocycles. The number of rotatable bonds is 6. The number of carbonyl (C=O) groups excluding carboxylic acids is 3. The molecule has 6 nitrogen and oxygen atoms in total. The van der Waals surface area contributed by atoms with E-state index in [1.807, 2.05) is 6.08 Å². The van der Waals surface area contributed by atoms with Gasteiger partial charge >= 0.3 is 0 Å². The van der Waals surface area contributed by atoms with Gasteiger partial charge in [-0.1, -0.05) is 31.9 Å². The second kappa shape index (κ2) is 8.25. The number of carboxylic acids is 1. The van der Waals surface area contributed by atoms with E-state index in [0.29, 0.717) is 22.9 Å². The van der Waals surface area contributed by atoms with Gasteiger partial charge in [0.1, 0.15) is 5.00 Å². The number of primary amides is 1. The first-order chi connectivity index (χ1) is 12.9. The summed E-state index contributed by atoms with van der Waals surface area (Å²) in [5, 5.41) is 14.6. The number of carbonyl (C=O) groups is 3. The maximum absolute atomic E-state index is 12.8. The lowest BCUT2D eigenvalue weighted by atomic mass is 9.82. The average Bonchev–Trinajstić information content (AvgIpc) is 2.99. The molecule has 0 aliphatic heterocycles. The molecule has 146 valence electrons. The third-order valence-electron chi connectivity index (χ3n) is 5.62. The molecule has 0 bridgehead atoms. The number of anilines is 1. The minimum Gasteiger partial charge on any atom is -0.550 e. The van der Waals surface area contributed by atoms with Crippen LogP contribution in [0.1, 0.15) is 59.8 Å². The van der Waals surface area contributed by atoms with Crippen molar-refractivity contribution in [3.8, 4) is 0 Å². The van der Waals surface area contributed by atoms with Crippen LogP contribution < -0.4 is 16.2 Å². The Balaban J connectivity index is 1.84. The van der Waals surface area contributed by atoms with Crippen molar-refractivity contribution in [3.63, 3.8) is 0 Å². The Morgan fingerprint density at radius 1 is 1.26 bits per heavy atom. The van der Waals surface area contributed by atoms with Crippen LogP contribution in [-0.2, 0) is 22.4 Å². The van der Waals surface area contributed by atoms with E-state index in [4.69, 9.17) is 5.73 Å². The van der Waals surface area contributed by atoms with Crippen molar-refractivity contribution in [2.75, 3.05) is 5.32 Å². The third kappa shape index (κ3) is 4.08. The highest BCUT2D eigenvalue weighted by Crippen LogP contribution is 2.41. The van der Waals surface area contributed by atoms with Crippen LogP contribution in [-0.4, -0.2) is 17.8 Å². The van der Waals surface area contributed by atoms with E-state index in [-0.39, 0.29) is 12.3 Å². The largest absolute Gasteiger partial charge is 0.550 e. The number of carboxylic acid groups (broad SMARTS) is 1. The van der Waals surface area contributed by atoms with Crippen LogP contribution in [0.5, 0.6) is 0 Å². The summed E-state index contributed by atoms with van der Waals surface area (Å²) in [7, 11) is 0. The van der Waals surface area contributed by atoms with Gasteiger partial charge in [0, 0.05) is 16.8 Å². The first-order valence-corrected chi connectivity index (χ1v) is 10.3. The summed E-state index contributed by atoms with van der Waals surface area (Å²) in [6.07, 6.45) is 9.18. The molecule has 1 aromatic rings. The fraction of sp³-hybridized carbons (Fsp3) is 0.550. The highest BCUT2D eigenvalue weighted by Gasteiger charge is 2.33. The van der Waals surface area contributed by atoms with Gasteiger partial charge in [-0.3, -0.25) is 9.59 Å². The normalized spacial score (nSPS) is 24.3. The summed E-state index contributed by atoms with van der Waals surface area (Å²) in [4.78, 5) is 37.3. The van der Waals surface area contributed by atoms with Crippen molar-refractivity contribution >= 4 is 34.1 Å². The van der Waals surface area contributed by atoms with E-state index >= 15 is 0 Å². The number of nitrogens with two attached hydrogens (primary N) is 1. The molecule has 3 N–H and O–H groups in total. The lowest BCUT2D eigenvalue weighted by molar-refractivity contribution is -0.313. The highest BCUT2D eigenvalue weighted by atomic mass is 32.1. The number of hydrogen-bond acceptors (Lipinski definition) is 5. The summed E-state index contributed by atoms with van der Waals surface area (Å²) in [5.74, 6) is -3.11. The smallest absolute Gasteiger partial charge is 0.251 e. The molecule has 0 aromatic carbocycles. The summed E-state index contributed by atoms with van der Waals surface area (Å²) >= 11 is 1.41. The molecule has 27 heavy (non-hydrogen) atoms. The van der Waals surface area contributed by atoms with Crippen molar-refractivity contribution in [3.05, 3.63) is 28.2 Å². The molecule has 0 fully saturated rings. The minimum atomic E-state index is -1.22. The maximum Gasteiger partial charge on any atom is 0.251 e. The van der Waals surface area contributed by atoms with Crippen LogP contribution in [0.25, 0.3) is 0 Å². The van der Waals surface area contributed by atoms with E-state index < -0.39 is 23.7 Å². The van der Waals surface area contributed by atoms with Gasteiger partial charge in [-0.25, -0.2) is 0 Å². The first kappa shape index (κ1) is 19.6. The Morgan fingerprint density at radius 3 is 2.59 bits per heavy atom. The molecular formula is C20H25N2O4S-. The molecule has 2 amide bonds. The number of allylic oxidation sites excluding steroid dienone is 2. The van der Waals surface area contributed by atoms with Crippen molar-refractivity contribution in [2.24, 2.45) is 23.5 Å². The van der Waals surface area contributed by atoms with Crippen LogP contribution in [0.4, 0.5) is 5.00 Å². The highest BCUT2D eigenvalue weighted by molar-refractivity contribution is 7.17. The van der Waals surface area contributed by atoms with Crippen molar-refractivity contribution in [1.29, 1.82) is 0 Å². The van der Waals surface area contributed by atoms with Crippen LogP contribution in [0, 0.1) is 17.8 Å². The van der Waals surface area contributed by atoms with Gasteiger partial charge in [-0.15, -0.1) is 11.3 Å². The molecule has 3 atom stereocenters. The van der Waals surface area contributed by atoms with Crippen molar-refractivity contribution in [2.45, 2.75) is 51.9 Å². The third-order valence-corrected chi connectivity index (χ3v) is 6.79. The average molecular weight is 389 g/mol. The standard InChI is InChI=1S/C20H26N2O4S/c1-2-5-11-8-9-14-15(10-11)27-19(16(14)17(21)23)22-18(24)12-6-3-4-7-13(12)20(25)26/h3-4,11-13H,2,5-10H2,1H3,(H2,21,23)(H,22,24)(H,25,26)/p-1. The number of nitrogens with one attached hydrogen (secondary N) is 1. The van der Waals surface area contributed by atoms with Gasteiger partial charge in [0.15, 0.2) is 0 Å². The summed E-state index contributed by atoms with van der Waals surface area (Å²) in [6.45, 7) is 2.16. The minimum absolute atomic E-state index is 0.280. The summed E-state index contributed by atoms with van der Waals surface area (Å²) in [5.41, 5.74) is 6.96. The monoisotopic (exact) mass is 389 g/mol. The second-order valence-corrected chi connectivity index (χ2v) is 8.54. The second-order valence-electron chi connectivity index (χ2n) is 7.43. The molecule has 0 radical (unpaired) electrons.